The van der Waals surface area contributed by atoms with Crippen LogP contribution in [0.5, 0.6) is 5.75 Å². The summed E-state index contributed by atoms with van der Waals surface area (Å²) >= 11 is 0. The van der Waals surface area contributed by atoms with Crippen LogP contribution in [0.1, 0.15) is 11.3 Å². The number of nitrogen functional groups attached to an aromatic ring is 1. The Morgan fingerprint density at radius 2 is 2.00 bits per heavy atom. The van der Waals surface area contributed by atoms with E-state index in [1.807, 2.05) is 0 Å². The lowest BCUT2D eigenvalue weighted by Crippen LogP contribution is -2.03. The molecule has 0 amide bonds. The van der Waals surface area contributed by atoms with Gasteiger partial charge in [-0.1, -0.05) is 0 Å². The molecule has 0 bridgehead atoms. The van der Waals surface area contributed by atoms with Crippen LogP contribution in [-0.2, 0) is 6.61 Å². The van der Waals surface area contributed by atoms with Gasteiger partial charge < -0.3 is 10.5 Å². The van der Waals surface area contributed by atoms with E-state index in [0.717, 1.165) is 11.8 Å². The molecule has 5 heteroatoms. The molecule has 0 fully saturated rings. The van der Waals surface area contributed by atoms with Crippen molar-refractivity contribution in [3.63, 3.8) is 0 Å². The van der Waals surface area contributed by atoms with Gasteiger partial charge in [0, 0.05) is 17.3 Å². The zero-order chi connectivity index (χ0) is 13.1. The van der Waals surface area contributed by atoms with Gasteiger partial charge in [0.25, 0.3) is 0 Å². The van der Waals surface area contributed by atoms with E-state index >= 15 is 0 Å². The Morgan fingerprint density at radius 3 is 2.67 bits per heavy atom. The van der Waals surface area contributed by atoms with Crippen LogP contribution >= 0.6 is 0 Å². The molecular formula is C13H12F2N2O. The third-order valence-electron chi connectivity index (χ3n) is 2.42. The van der Waals surface area contributed by atoms with Gasteiger partial charge in [0.05, 0.1) is 0 Å². The summed E-state index contributed by atoms with van der Waals surface area (Å²) in [6.45, 7) is 1.78. The molecule has 94 valence electrons. The van der Waals surface area contributed by atoms with E-state index in [1.54, 1.807) is 19.1 Å². The highest BCUT2D eigenvalue weighted by Gasteiger charge is 2.06. The zero-order valence-corrected chi connectivity index (χ0v) is 9.78. The molecule has 2 aromatic rings. The third kappa shape index (κ3) is 2.74. The van der Waals surface area contributed by atoms with Crippen molar-refractivity contribution in [1.29, 1.82) is 0 Å². The summed E-state index contributed by atoms with van der Waals surface area (Å²) in [5, 5.41) is 0. The molecule has 0 aliphatic heterocycles. The summed E-state index contributed by atoms with van der Waals surface area (Å²) in [6, 6.07) is 6.74. The molecule has 0 aliphatic carbocycles. The van der Waals surface area contributed by atoms with E-state index in [0.29, 0.717) is 5.75 Å². The third-order valence-corrected chi connectivity index (χ3v) is 2.42. The molecule has 18 heavy (non-hydrogen) atoms. The van der Waals surface area contributed by atoms with E-state index in [4.69, 9.17) is 10.5 Å². The lowest BCUT2D eigenvalue weighted by molar-refractivity contribution is 0.300. The normalized spacial score (nSPS) is 10.4. The maximum Gasteiger partial charge on any atom is 0.166 e. The lowest BCUT2D eigenvalue weighted by atomic mass is 10.2. The highest BCUT2D eigenvalue weighted by molar-refractivity contribution is 5.46. The molecule has 0 radical (unpaired) electrons. The molecule has 3 nitrogen and oxygen atoms in total. The van der Waals surface area contributed by atoms with Crippen molar-refractivity contribution >= 4 is 5.82 Å². The number of ether oxygens (including phenoxy) is 1. The number of rotatable bonds is 3. The topological polar surface area (TPSA) is 48.1 Å². The number of halogens is 2. The largest absolute Gasteiger partial charge is 0.485 e. The van der Waals surface area contributed by atoms with E-state index < -0.39 is 11.6 Å². The molecule has 0 spiro atoms. The lowest BCUT2D eigenvalue weighted by Gasteiger charge is -2.09. The molecule has 1 aromatic carbocycles. The predicted molar refractivity (Wildman–Crippen MR) is 64.1 cm³/mol. The molecule has 2 N–H and O–H groups in total. The minimum Gasteiger partial charge on any atom is -0.485 e. The van der Waals surface area contributed by atoms with Crippen molar-refractivity contribution in [3.05, 3.63) is 53.2 Å². The number of aromatic nitrogens is 1. The first kappa shape index (κ1) is 12.3. The monoisotopic (exact) mass is 250 g/mol. The van der Waals surface area contributed by atoms with Crippen LogP contribution in [0.4, 0.5) is 14.6 Å². The Labute approximate surface area is 103 Å². The number of aryl methyl sites for hydroxylation is 1. The fourth-order valence-electron chi connectivity index (χ4n) is 1.48. The Balaban J connectivity index is 2.11. The molecule has 0 unspecified atom stereocenters. The SMILES string of the molecule is Cc1ccc(OCc2ccc(F)cc2F)c(N)n1. The minimum atomic E-state index is -0.645. The average molecular weight is 250 g/mol. The molecule has 0 aliphatic rings. The van der Waals surface area contributed by atoms with Gasteiger partial charge in [-0.25, -0.2) is 13.8 Å². The number of pyridine rings is 1. The molecule has 0 atom stereocenters. The van der Waals surface area contributed by atoms with Crippen molar-refractivity contribution in [2.75, 3.05) is 5.73 Å². The second-order valence-corrected chi connectivity index (χ2v) is 3.86. The summed E-state index contributed by atoms with van der Waals surface area (Å²) in [5.74, 6) is -0.636. The average Bonchev–Trinajstić information content (AvgIpc) is 2.30. The second kappa shape index (κ2) is 5.00. The maximum absolute atomic E-state index is 13.4. The summed E-state index contributed by atoms with van der Waals surface area (Å²) in [5.41, 5.74) is 6.69. The Hall–Kier alpha value is -2.17. The smallest absolute Gasteiger partial charge is 0.166 e. The number of nitrogens with two attached hydrogens (primary N) is 1. The van der Waals surface area contributed by atoms with Gasteiger partial charge in [-0.15, -0.1) is 0 Å². The first-order chi connectivity index (χ1) is 8.56. The molecular weight excluding hydrogens is 238 g/mol. The molecule has 2 rings (SSSR count). The number of nitrogens with zero attached hydrogens (tertiary/aromatic N) is 1. The number of benzene rings is 1. The number of hydrogen-bond acceptors (Lipinski definition) is 3. The Kier molecular flexibility index (Phi) is 3.41. The van der Waals surface area contributed by atoms with E-state index in [2.05, 4.69) is 4.98 Å². The van der Waals surface area contributed by atoms with Crippen LogP contribution in [0.3, 0.4) is 0 Å². The Bertz CT molecular complexity index is 521. The van der Waals surface area contributed by atoms with Gasteiger partial charge in [0.15, 0.2) is 11.6 Å². The van der Waals surface area contributed by atoms with E-state index in [9.17, 15) is 8.78 Å². The number of hydrogen-bond donors (Lipinski definition) is 1. The van der Waals surface area contributed by atoms with E-state index in [-0.39, 0.29) is 18.0 Å². The fourth-order valence-corrected chi connectivity index (χ4v) is 1.48. The summed E-state index contributed by atoms with van der Waals surface area (Å²) in [6.07, 6.45) is 0. The van der Waals surface area contributed by atoms with Gasteiger partial charge in [-0.2, -0.15) is 0 Å². The van der Waals surface area contributed by atoms with Gasteiger partial charge in [0.2, 0.25) is 0 Å². The van der Waals surface area contributed by atoms with Crippen LogP contribution in [-0.4, -0.2) is 4.98 Å². The van der Waals surface area contributed by atoms with Crippen molar-refractivity contribution < 1.29 is 13.5 Å². The summed E-state index contributed by atoms with van der Waals surface area (Å²) in [7, 11) is 0. The first-order valence-corrected chi connectivity index (χ1v) is 5.36. The highest BCUT2D eigenvalue weighted by atomic mass is 19.1. The molecule has 1 heterocycles. The van der Waals surface area contributed by atoms with Gasteiger partial charge in [-0.3, -0.25) is 0 Å². The van der Waals surface area contributed by atoms with Crippen LogP contribution in [0.15, 0.2) is 30.3 Å². The highest BCUT2D eigenvalue weighted by Crippen LogP contribution is 2.21. The molecule has 0 saturated heterocycles. The summed E-state index contributed by atoms with van der Waals surface area (Å²) < 4.78 is 31.4. The fraction of sp³-hybridized carbons (Fsp3) is 0.154. The zero-order valence-electron chi connectivity index (χ0n) is 9.78. The van der Waals surface area contributed by atoms with Gasteiger partial charge in [0.1, 0.15) is 18.2 Å². The molecule has 1 aromatic heterocycles. The van der Waals surface area contributed by atoms with E-state index in [1.165, 1.54) is 12.1 Å². The van der Waals surface area contributed by atoms with Crippen molar-refractivity contribution in [2.24, 2.45) is 0 Å². The first-order valence-electron chi connectivity index (χ1n) is 5.36. The van der Waals surface area contributed by atoms with Crippen LogP contribution in [0, 0.1) is 18.6 Å². The van der Waals surface area contributed by atoms with Gasteiger partial charge in [-0.05, 0) is 31.2 Å². The standard InChI is InChI=1S/C13H12F2N2O/c1-8-2-5-12(13(16)17-8)18-7-9-3-4-10(14)6-11(9)15/h2-6H,7H2,1H3,(H2,16,17). The predicted octanol–water partition coefficient (Wildman–Crippen LogP) is 2.83. The minimum absolute atomic E-state index is 0.0267. The van der Waals surface area contributed by atoms with Crippen LogP contribution < -0.4 is 10.5 Å². The molecule has 0 saturated carbocycles. The van der Waals surface area contributed by atoms with Crippen molar-refractivity contribution in [3.8, 4) is 5.75 Å². The maximum atomic E-state index is 13.4. The van der Waals surface area contributed by atoms with Crippen LogP contribution in [0.25, 0.3) is 0 Å². The summed E-state index contributed by atoms with van der Waals surface area (Å²) in [4.78, 5) is 4.02. The van der Waals surface area contributed by atoms with Crippen molar-refractivity contribution in [1.82, 2.24) is 4.98 Å². The number of anilines is 1. The second-order valence-electron chi connectivity index (χ2n) is 3.86. The quantitative estimate of drug-likeness (QED) is 0.911. The van der Waals surface area contributed by atoms with Crippen molar-refractivity contribution in [2.45, 2.75) is 13.5 Å². The van der Waals surface area contributed by atoms with Crippen LogP contribution in [0.2, 0.25) is 0 Å². The Morgan fingerprint density at radius 1 is 1.22 bits per heavy atom. The van der Waals surface area contributed by atoms with Gasteiger partial charge >= 0.3 is 0 Å².